The average molecular weight is 220 g/mol. The molecule has 0 saturated carbocycles. The van der Waals surface area contributed by atoms with Crippen LogP contribution in [0.3, 0.4) is 0 Å². The third kappa shape index (κ3) is 2.82. The van der Waals surface area contributed by atoms with E-state index in [4.69, 9.17) is 0 Å². The SMILES string of the molecule is Cc1ccccc1CNCC1CNCC1O. The van der Waals surface area contributed by atoms with Crippen molar-refractivity contribution in [3.8, 4) is 0 Å². The lowest BCUT2D eigenvalue weighted by molar-refractivity contribution is 0.146. The first kappa shape index (κ1) is 11.6. The van der Waals surface area contributed by atoms with Crippen molar-refractivity contribution in [3.63, 3.8) is 0 Å². The monoisotopic (exact) mass is 220 g/mol. The Morgan fingerprint density at radius 1 is 1.38 bits per heavy atom. The first-order valence-electron chi connectivity index (χ1n) is 5.91. The van der Waals surface area contributed by atoms with Crippen molar-refractivity contribution in [2.24, 2.45) is 5.92 Å². The second-order valence-corrected chi connectivity index (χ2v) is 4.54. The van der Waals surface area contributed by atoms with Gasteiger partial charge in [0.2, 0.25) is 0 Å². The molecule has 0 aromatic heterocycles. The highest BCUT2D eigenvalue weighted by Gasteiger charge is 2.23. The number of aliphatic hydroxyl groups is 1. The molecular formula is C13H20N2O. The van der Waals surface area contributed by atoms with Crippen LogP contribution in [0.15, 0.2) is 24.3 Å². The van der Waals surface area contributed by atoms with Crippen LogP contribution in [-0.2, 0) is 6.54 Å². The summed E-state index contributed by atoms with van der Waals surface area (Å²) >= 11 is 0. The Morgan fingerprint density at radius 3 is 2.88 bits per heavy atom. The Labute approximate surface area is 96.9 Å². The Kier molecular flexibility index (Phi) is 3.93. The first-order valence-corrected chi connectivity index (χ1v) is 5.91. The lowest BCUT2D eigenvalue weighted by Gasteiger charge is -2.14. The molecule has 0 spiro atoms. The maximum atomic E-state index is 9.64. The minimum Gasteiger partial charge on any atom is -0.391 e. The van der Waals surface area contributed by atoms with E-state index < -0.39 is 0 Å². The van der Waals surface area contributed by atoms with Crippen molar-refractivity contribution in [2.45, 2.75) is 19.6 Å². The van der Waals surface area contributed by atoms with Gasteiger partial charge in [0.05, 0.1) is 6.10 Å². The summed E-state index contributed by atoms with van der Waals surface area (Å²) in [6, 6.07) is 8.40. The van der Waals surface area contributed by atoms with Gasteiger partial charge in [0.15, 0.2) is 0 Å². The molecule has 1 heterocycles. The number of benzene rings is 1. The summed E-state index contributed by atoms with van der Waals surface area (Å²) in [5, 5.41) is 16.2. The molecule has 1 aliphatic heterocycles. The van der Waals surface area contributed by atoms with Gasteiger partial charge in [-0.05, 0) is 18.1 Å². The fraction of sp³-hybridized carbons (Fsp3) is 0.538. The molecule has 88 valence electrons. The number of aryl methyl sites for hydroxylation is 1. The highest BCUT2D eigenvalue weighted by atomic mass is 16.3. The van der Waals surface area contributed by atoms with E-state index in [0.29, 0.717) is 5.92 Å². The van der Waals surface area contributed by atoms with Crippen LogP contribution >= 0.6 is 0 Å². The molecule has 3 heteroatoms. The third-order valence-corrected chi connectivity index (χ3v) is 3.29. The molecule has 16 heavy (non-hydrogen) atoms. The fourth-order valence-corrected chi connectivity index (χ4v) is 2.13. The zero-order valence-electron chi connectivity index (χ0n) is 9.74. The molecule has 0 bridgehead atoms. The van der Waals surface area contributed by atoms with Crippen LogP contribution < -0.4 is 10.6 Å². The number of β-amino-alcohol motifs (C(OH)–C–C–N with tert-alkyl or cyclic N) is 1. The van der Waals surface area contributed by atoms with Gasteiger partial charge in [-0.1, -0.05) is 24.3 Å². The summed E-state index contributed by atoms with van der Waals surface area (Å²) < 4.78 is 0. The highest BCUT2D eigenvalue weighted by Crippen LogP contribution is 2.09. The van der Waals surface area contributed by atoms with E-state index in [1.807, 2.05) is 0 Å². The number of nitrogens with one attached hydrogen (secondary N) is 2. The Morgan fingerprint density at radius 2 is 2.19 bits per heavy atom. The van der Waals surface area contributed by atoms with Gasteiger partial charge >= 0.3 is 0 Å². The van der Waals surface area contributed by atoms with E-state index in [9.17, 15) is 5.11 Å². The highest BCUT2D eigenvalue weighted by molar-refractivity contribution is 5.25. The van der Waals surface area contributed by atoms with Crippen molar-refractivity contribution in [3.05, 3.63) is 35.4 Å². The summed E-state index contributed by atoms with van der Waals surface area (Å²) in [7, 11) is 0. The molecule has 0 amide bonds. The van der Waals surface area contributed by atoms with Gasteiger partial charge < -0.3 is 15.7 Å². The molecule has 0 radical (unpaired) electrons. The molecule has 2 rings (SSSR count). The molecule has 1 aromatic rings. The van der Waals surface area contributed by atoms with Crippen LogP contribution in [0.2, 0.25) is 0 Å². The van der Waals surface area contributed by atoms with Crippen LogP contribution in [0.25, 0.3) is 0 Å². The molecule has 1 aromatic carbocycles. The van der Waals surface area contributed by atoms with Gasteiger partial charge in [-0.2, -0.15) is 0 Å². The standard InChI is InChI=1S/C13H20N2O/c1-10-4-2-3-5-11(10)6-14-7-12-8-15-9-13(12)16/h2-5,12-16H,6-9H2,1H3. The van der Waals surface area contributed by atoms with Gasteiger partial charge in [0.1, 0.15) is 0 Å². The summed E-state index contributed by atoms with van der Waals surface area (Å²) in [5.41, 5.74) is 2.66. The predicted molar refractivity (Wildman–Crippen MR) is 65.3 cm³/mol. The van der Waals surface area contributed by atoms with Crippen LogP contribution in [0.1, 0.15) is 11.1 Å². The average Bonchev–Trinajstić information content (AvgIpc) is 2.67. The van der Waals surface area contributed by atoms with E-state index in [0.717, 1.165) is 26.2 Å². The quantitative estimate of drug-likeness (QED) is 0.698. The van der Waals surface area contributed by atoms with E-state index >= 15 is 0 Å². The van der Waals surface area contributed by atoms with E-state index in [1.54, 1.807) is 0 Å². The number of aliphatic hydroxyl groups excluding tert-OH is 1. The third-order valence-electron chi connectivity index (χ3n) is 3.29. The lowest BCUT2D eigenvalue weighted by Crippen LogP contribution is -2.30. The largest absolute Gasteiger partial charge is 0.391 e. The predicted octanol–water partition coefficient (Wildman–Crippen LogP) is 0.665. The maximum Gasteiger partial charge on any atom is 0.0716 e. The lowest BCUT2D eigenvalue weighted by atomic mass is 10.1. The molecule has 2 unspecified atom stereocenters. The van der Waals surface area contributed by atoms with E-state index in [-0.39, 0.29) is 6.10 Å². The van der Waals surface area contributed by atoms with Gasteiger partial charge in [-0.3, -0.25) is 0 Å². The van der Waals surface area contributed by atoms with Crippen LogP contribution in [0.4, 0.5) is 0 Å². The number of hydrogen-bond donors (Lipinski definition) is 3. The van der Waals surface area contributed by atoms with Crippen LogP contribution in [-0.4, -0.2) is 30.8 Å². The van der Waals surface area contributed by atoms with Crippen molar-refractivity contribution in [2.75, 3.05) is 19.6 Å². The van der Waals surface area contributed by atoms with Gasteiger partial charge in [0, 0.05) is 32.1 Å². The summed E-state index contributed by atoms with van der Waals surface area (Å²) in [6.07, 6.45) is -0.190. The second-order valence-electron chi connectivity index (χ2n) is 4.54. The van der Waals surface area contributed by atoms with Crippen molar-refractivity contribution >= 4 is 0 Å². The Hall–Kier alpha value is -0.900. The van der Waals surface area contributed by atoms with Gasteiger partial charge in [0.25, 0.3) is 0 Å². The first-order chi connectivity index (χ1) is 7.77. The van der Waals surface area contributed by atoms with Gasteiger partial charge in [-0.25, -0.2) is 0 Å². The minimum atomic E-state index is -0.190. The van der Waals surface area contributed by atoms with Crippen LogP contribution in [0, 0.1) is 12.8 Å². The Bertz CT molecular complexity index is 340. The maximum absolute atomic E-state index is 9.64. The molecular weight excluding hydrogens is 200 g/mol. The minimum absolute atomic E-state index is 0.190. The summed E-state index contributed by atoms with van der Waals surface area (Å²) in [5.74, 6) is 0.351. The van der Waals surface area contributed by atoms with Gasteiger partial charge in [-0.15, -0.1) is 0 Å². The topological polar surface area (TPSA) is 44.3 Å². The summed E-state index contributed by atoms with van der Waals surface area (Å²) in [4.78, 5) is 0. The smallest absolute Gasteiger partial charge is 0.0716 e. The number of hydrogen-bond acceptors (Lipinski definition) is 3. The fourth-order valence-electron chi connectivity index (χ4n) is 2.13. The zero-order valence-corrected chi connectivity index (χ0v) is 9.74. The molecule has 0 aliphatic carbocycles. The molecule has 3 N–H and O–H groups in total. The van der Waals surface area contributed by atoms with E-state index in [1.165, 1.54) is 11.1 Å². The normalized spacial score (nSPS) is 24.9. The van der Waals surface area contributed by atoms with Crippen LogP contribution in [0.5, 0.6) is 0 Å². The van der Waals surface area contributed by atoms with Crippen molar-refractivity contribution < 1.29 is 5.11 Å². The molecule has 2 atom stereocenters. The molecule has 1 aliphatic rings. The molecule has 1 saturated heterocycles. The number of rotatable bonds is 4. The van der Waals surface area contributed by atoms with E-state index in [2.05, 4.69) is 41.8 Å². The Balaban J connectivity index is 1.78. The summed E-state index contributed by atoms with van der Waals surface area (Å²) in [6.45, 7) is 5.54. The zero-order chi connectivity index (χ0) is 11.4. The molecule has 3 nitrogen and oxygen atoms in total. The van der Waals surface area contributed by atoms with Crippen molar-refractivity contribution in [1.29, 1.82) is 0 Å². The second kappa shape index (κ2) is 5.43. The van der Waals surface area contributed by atoms with Crippen molar-refractivity contribution in [1.82, 2.24) is 10.6 Å². The molecule has 1 fully saturated rings.